The highest BCUT2D eigenvalue weighted by atomic mass is 35.5. The van der Waals surface area contributed by atoms with Crippen LogP contribution in [0.15, 0.2) is 30.3 Å². The first-order valence-electron chi connectivity index (χ1n) is 5.86. The molecule has 6 nitrogen and oxygen atoms in total. The van der Waals surface area contributed by atoms with E-state index in [4.69, 9.17) is 39.5 Å². The number of nitrogens with one attached hydrogen (secondary N) is 1. The lowest BCUT2D eigenvalue weighted by Gasteiger charge is -2.11. The highest BCUT2D eigenvalue weighted by molar-refractivity contribution is 6.34. The van der Waals surface area contributed by atoms with E-state index in [9.17, 15) is 15.2 Å². The van der Waals surface area contributed by atoms with Gasteiger partial charge < -0.3 is 15.2 Å². The summed E-state index contributed by atoms with van der Waals surface area (Å²) in [5.41, 5.74) is -0.423. The Kier molecular flexibility index (Phi) is 5.18. The van der Waals surface area contributed by atoms with Gasteiger partial charge >= 0.3 is 5.69 Å². The number of halogens is 3. The van der Waals surface area contributed by atoms with Crippen molar-refractivity contribution in [2.24, 2.45) is 0 Å². The topological polar surface area (TPSA) is 84.6 Å². The van der Waals surface area contributed by atoms with E-state index in [1.165, 1.54) is 6.07 Å². The molecule has 0 unspecified atom stereocenters. The molecule has 0 fully saturated rings. The van der Waals surface area contributed by atoms with E-state index in [0.29, 0.717) is 15.8 Å². The van der Waals surface area contributed by atoms with Crippen molar-refractivity contribution in [2.45, 2.75) is 0 Å². The maximum absolute atomic E-state index is 10.8. The van der Waals surface area contributed by atoms with E-state index >= 15 is 0 Å². The predicted molar refractivity (Wildman–Crippen MR) is 85.4 cm³/mol. The molecule has 0 saturated heterocycles. The van der Waals surface area contributed by atoms with Gasteiger partial charge in [0.05, 0.1) is 10.6 Å². The summed E-state index contributed by atoms with van der Waals surface area (Å²) in [6, 6.07) is 7.05. The summed E-state index contributed by atoms with van der Waals surface area (Å²) >= 11 is 17.4. The second-order valence-corrected chi connectivity index (χ2v) is 5.46. The standard InChI is InChI=1S/C13H9Cl3N2O4/c14-7-1-8(15)3-10(2-7)22-6-17-11-4-9(16)5-12(13(11)19)18(20)21/h1-5,17,19H,6H2. The van der Waals surface area contributed by atoms with E-state index in [2.05, 4.69) is 5.32 Å². The minimum absolute atomic E-state index is 0.0762. The number of benzene rings is 2. The first-order valence-corrected chi connectivity index (χ1v) is 7.00. The molecule has 0 saturated carbocycles. The molecular weight excluding hydrogens is 355 g/mol. The van der Waals surface area contributed by atoms with Gasteiger partial charge in [0.1, 0.15) is 5.75 Å². The van der Waals surface area contributed by atoms with Gasteiger partial charge in [-0.2, -0.15) is 0 Å². The third kappa shape index (κ3) is 4.07. The average molecular weight is 364 g/mol. The molecule has 0 radical (unpaired) electrons. The summed E-state index contributed by atoms with van der Waals surface area (Å²) in [5.74, 6) is -0.122. The average Bonchev–Trinajstić information content (AvgIpc) is 2.40. The van der Waals surface area contributed by atoms with Crippen LogP contribution in [0, 0.1) is 10.1 Å². The van der Waals surface area contributed by atoms with Crippen LogP contribution in [0.25, 0.3) is 0 Å². The fraction of sp³-hybridized carbons (Fsp3) is 0.0769. The van der Waals surface area contributed by atoms with Gasteiger partial charge in [0, 0.05) is 21.1 Å². The largest absolute Gasteiger partial charge is 0.501 e. The molecule has 0 aliphatic rings. The van der Waals surface area contributed by atoms with Crippen LogP contribution in [0.1, 0.15) is 0 Å². The highest BCUT2D eigenvalue weighted by Crippen LogP contribution is 2.36. The van der Waals surface area contributed by atoms with E-state index in [-0.39, 0.29) is 17.4 Å². The zero-order chi connectivity index (χ0) is 16.3. The molecule has 9 heteroatoms. The van der Waals surface area contributed by atoms with Crippen LogP contribution in [-0.4, -0.2) is 16.8 Å². The maximum atomic E-state index is 10.8. The van der Waals surface area contributed by atoms with Crippen molar-refractivity contribution in [3.63, 3.8) is 0 Å². The van der Waals surface area contributed by atoms with Crippen molar-refractivity contribution in [1.82, 2.24) is 0 Å². The van der Waals surface area contributed by atoms with Crippen LogP contribution >= 0.6 is 34.8 Å². The van der Waals surface area contributed by atoms with E-state index < -0.39 is 16.4 Å². The second kappa shape index (κ2) is 6.91. The molecule has 2 aromatic carbocycles. The zero-order valence-corrected chi connectivity index (χ0v) is 13.1. The Hall–Kier alpha value is -1.89. The number of phenols is 1. The van der Waals surface area contributed by atoms with Crippen molar-refractivity contribution in [3.8, 4) is 11.5 Å². The predicted octanol–water partition coefficient (Wildman–Crippen LogP) is 4.71. The molecule has 0 bridgehead atoms. The number of nitrogens with zero attached hydrogens (tertiary/aromatic N) is 1. The van der Waals surface area contributed by atoms with Crippen LogP contribution in [-0.2, 0) is 0 Å². The van der Waals surface area contributed by atoms with Crippen molar-refractivity contribution >= 4 is 46.2 Å². The summed E-state index contributed by atoms with van der Waals surface area (Å²) < 4.78 is 5.36. The lowest BCUT2D eigenvalue weighted by atomic mass is 10.2. The smallest absolute Gasteiger partial charge is 0.314 e. The Balaban J connectivity index is 2.10. The van der Waals surface area contributed by atoms with Crippen LogP contribution in [0.4, 0.5) is 11.4 Å². The van der Waals surface area contributed by atoms with Crippen molar-refractivity contribution in [3.05, 3.63) is 55.5 Å². The van der Waals surface area contributed by atoms with Crippen molar-refractivity contribution in [1.29, 1.82) is 0 Å². The van der Waals surface area contributed by atoms with E-state index in [1.54, 1.807) is 18.2 Å². The van der Waals surface area contributed by atoms with Gasteiger partial charge in [-0.25, -0.2) is 0 Å². The molecule has 0 aliphatic carbocycles. The maximum Gasteiger partial charge on any atom is 0.314 e. The van der Waals surface area contributed by atoms with Gasteiger partial charge in [-0.05, 0) is 24.3 Å². The summed E-state index contributed by atoms with van der Waals surface area (Å²) in [5, 5.41) is 24.2. The Bertz CT molecular complexity index is 704. The Morgan fingerprint density at radius 2 is 1.68 bits per heavy atom. The van der Waals surface area contributed by atoms with Gasteiger partial charge in [-0.1, -0.05) is 34.8 Å². The van der Waals surface area contributed by atoms with Gasteiger partial charge in [-0.15, -0.1) is 0 Å². The molecule has 0 amide bonds. The molecule has 116 valence electrons. The summed E-state index contributed by atoms with van der Waals surface area (Å²) in [4.78, 5) is 10.1. The number of ether oxygens (including phenoxy) is 1. The normalized spacial score (nSPS) is 10.3. The number of phenolic OH excluding ortho intramolecular Hbond substituents is 1. The number of hydrogen-bond donors (Lipinski definition) is 2. The monoisotopic (exact) mass is 362 g/mol. The summed E-state index contributed by atoms with van der Waals surface area (Å²) in [7, 11) is 0. The van der Waals surface area contributed by atoms with Crippen LogP contribution in [0.3, 0.4) is 0 Å². The summed E-state index contributed by atoms with van der Waals surface area (Å²) in [6.45, 7) is -0.0816. The highest BCUT2D eigenvalue weighted by Gasteiger charge is 2.18. The third-order valence-corrected chi connectivity index (χ3v) is 3.24. The molecule has 22 heavy (non-hydrogen) atoms. The van der Waals surface area contributed by atoms with Crippen molar-refractivity contribution < 1.29 is 14.8 Å². The lowest BCUT2D eigenvalue weighted by molar-refractivity contribution is -0.385. The Labute approximate surface area is 140 Å². The molecule has 2 N–H and O–H groups in total. The third-order valence-electron chi connectivity index (χ3n) is 2.59. The Morgan fingerprint density at radius 1 is 1.09 bits per heavy atom. The van der Waals surface area contributed by atoms with Gasteiger partial charge in [0.2, 0.25) is 5.75 Å². The molecule has 2 rings (SSSR count). The fourth-order valence-electron chi connectivity index (χ4n) is 1.67. The molecule has 2 aromatic rings. The van der Waals surface area contributed by atoms with Crippen LogP contribution in [0.5, 0.6) is 11.5 Å². The number of aromatic hydroxyl groups is 1. The number of anilines is 1. The Morgan fingerprint density at radius 3 is 2.27 bits per heavy atom. The number of nitro benzene ring substituents is 1. The fourth-order valence-corrected chi connectivity index (χ4v) is 2.39. The number of rotatable bonds is 5. The lowest BCUT2D eigenvalue weighted by Crippen LogP contribution is -2.09. The molecule has 0 heterocycles. The first kappa shape index (κ1) is 16.5. The number of nitro groups is 1. The molecular formula is C13H9Cl3N2O4. The molecule has 0 aromatic heterocycles. The van der Waals surface area contributed by atoms with Gasteiger partial charge in [-0.3, -0.25) is 10.1 Å². The van der Waals surface area contributed by atoms with Crippen molar-refractivity contribution in [2.75, 3.05) is 12.0 Å². The van der Waals surface area contributed by atoms with E-state index in [1.807, 2.05) is 0 Å². The quantitative estimate of drug-likeness (QED) is 0.348. The molecule has 0 atom stereocenters. The summed E-state index contributed by atoms with van der Waals surface area (Å²) in [6.07, 6.45) is 0. The molecule has 0 aliphatic heterocycles. The van der Waals surface area contributed by atoms with Crippen LogP contribution in [0.2, 0.25) is 15.1 Å². The first-order chi connectivity index (χ1) is 10.4. The minimum atomic E-state index is -0.732. The number of hydrogen-bond acceptors (Lipinski definition) is 5. The molecule has 0 spiro atoms. The van der Waals surface area contributed by atoms with Gasteiger partial charge in [0.15, 0.2) is 6.73 Å². The second-order valence-electron chi connectivity index (χ2n) is 4.15. The minimum Gasteiger partial charge on any atom is -0.501 e. The van der Waals surface area contributed by atoms with Crippen LogP contribution < -0.4 is 10.1 Å². The zero-order valence-electron chi connectivity index (χ0n) is 10.8. The van der Waals surface area contributed by atoms with Gasteiger partial charge in [0.25, 0.3) is 0 Å². The SMILES string of the molecule is O=[N+]([O-])c1cc(Cl)cc(NCOc2cc(Cl)cc(Cl)c2)c1O. The van der Waals surface area contributed by atoms with E-state index in [0.717, 1.165) is 6.07 Å².